The normalized spacial score (nSPS) is 11.5. The van der Waals surface area contributed by atoms with Crippen LogP contribution < -0.4 is 20.2 Å². The first kappa shape index (κ1) is 26.1. The van der Waals surface area contributed by atoms with Crippen LogP contribution in [0, 0.1) is 0 Å². The predicted molar refractivity (Wildman–Crippen MR) is 134 cm³/mol. The van der Waals surface area contributed by atoms with Gasteiger partial charge in [-0.2, -0.15) is 13.2 Å². The van der Waals surface area contributed by atoms with Gasteiger partial charge in [-0.3, -0.25) is 9.59 Å². The molecule has 0 aliphatic heterocycles. The van der Waals surface area contributed by atoms with Crippen molar-refractivity contribution in [2.75, 3.05) is 11.9 Å². The van der Waals surface area contributed by atoms with Gasteiger partial charge in [0.1, 0.15) is 17.1 Å². The van der Waals surface area contributed by atoms with Gasteiger partial charge in [0.25, 0.3) is 11.7 Å². The molecule has 1 heterocycles. The van der Waals surface area contributed by atoms with Crippen molar-refractivity contribution in [3.8, 4) is 17.2 Å². The molecule has 0 atom stereocenters. The minimum atomic E-state index is -5.01. The molecule has 0 spiro atoms. The maximum Gasteiger partial charge on any atom is 0.453 e. The molecule has 192 valence electrons. The number of hydrogen-bond donors (Lipinski definition) is 1. The van der Waals surface area contributed by atoms with Gasteiger partial charge in [0.2, 0.25) is 11.2 Å². The van der Waals surface area contributed by atoms with Crippen molar-refractivity contribution >= 4 is 34.2 Å². The number of hydrogen-bond acceptors (Lipinski definition) is 5. The van der Waals surface area contributed by atoms with Crippen LogP contribution in [0.1, 0.15) is 31.1 Å². The summed E-state index contributed by atoms with van der Waals surface area (Å²) in [6, 6.07) is 16.8. The number of benzene rings is 3. The summed E-state index contributed by atoms with van der Waals surface area (Å²) >= 11 is 6.01. The van der Waals surface area contributed by atoms with Crippen LogP contribution in [-0.2, 0) is 11.0 Å². The Morgan fingerprint density at radius 3 is 2.46 bits per heavy atom. The lowest BCUT2D eigenvalue weighted by Gasteiger charge is -2.16. The number of fused-ring (bicyclic) bond motifs is 1. The molecule has 1 N–H and O–H groups in total. The number of nitrogens with one attached hydrogen (secondary N) is 1. The van der Waals surface area contributed by atoms with Crippen molar-refractivity contribution in [1.29, 1.82) is 0 Å². The number of alkyl halides is 3. The third-order valence-corrected chi connectivity index (χ3v) is 5.68. The molecule has 4 aromatic rings. The molecule has 6 nitrogen and oxygen atoms in total. The van der Waals surface area contributed by atoms with E-state index in [9.17, 15) is 22.8 Å². The van der Waals surface area contributed by atoms with Gasteiger partial charge in [-0.05, 0) is 41.8 Å². The van der Waals surface area contributed by atoms with E-state index in [0.29, 0.717) is 16.3 Å². The fourth-order valence-corrected chi connectivity index (χ4v) is 3.77. The molecule has 0 bridgehead atoms. The maximum absolute atomic E-state index is 13.9. The zero-order valence-electron chi connectivity index (χ0n) is 19.7. The van der Waals surface area contributed by atoms with Crippen molar-refractivity contribution in [3.05, 3.63) is 93.3 Å². The second-order valence-electron chi connectivity index (χ2n) is 8.36. The molecule has 0 aliphatic rings. The van der Waals surface area contributed by atoms with Crippen LogP contribution in [0.15, 0.2) is 75.9 Å². The van der Waals surface area contributed by atoms with Gasteiger partial charge in [0, 0.05) is 6.07 Å². The zero-order chi connectivity index (χ0) is 26.7. The fraction of sp³-hybridized carbons (Fsp3) is 0.185. The first-order valence-corrected chi connectivity index (χ1v) is 11.5. The lowest BCUT2D eigenvalue weighted by molar-refractivity contribution is -0.154. The maximum atomic E-state index is 13.9. The summed E-state index contributed by atoms with van der Waals surface area (Å²) in [5.41, 5.74) is -0.349. The van der Waals surface area contributed by atoms with E-state index in [1.807, 2.05) is 13.8 Å². The number of carbonyl (C=O) groups excluding carboxylic acids is 1. The Morgan fingerprint density at radius 2 is 1.76 bits per heavy atom. The number of ether oxygens (including phenoxy) is 2. The Labute approximate surface area is 214 Å². The molecule has 10 heteroatoms. The summed E-state index contributed by atoms with van der Waals surface area (Å²) in [5.74, 6) is -2.99. The molecule has 0 saturated carbocycles. The molecular formula is C27H21ClF3NO5. The number of halogens is 4. The van der Waals surface area contributed by atoms with Crippen LogP contribution in [0.5, 0.6) is 17.2 Å². The van der Waals surface area contributed by atoms with Gasteiger partial charge in [-0.25, -0.2) is 0 Å². The molecule has 1 aromatic heterocycles. The van der Waals surface area contributed by atoms with Crippen LogP contribution in [0.2, 0.25) is 5.02 Å². The van der Waals surface area contributed by atoms with Gasteiger partial charge in [-0.15, -0.1) is 0 Å². The Balaban J connectivity index is 1.64. The quantitative estimate of drug-likeness (QED) is 0.269. The topological polar surface area (TPSA) is 77.8 Å². The average Bonchev–Trinajstić information content (AvgIpc) is 2.85. The monoisotopic (exact) mass is 531 g/mol. The number of anilines is 1. The highest BCUT2D eigenvalue weighted by atomic mass is 35.5. The molecule has 0 radical (unpaired) electrons. The molecule has 0 saturated heterocycles. The van der Waals surface area contributed by atoms with Crippen molar-refractivity contribution in [2.24, 2.45) is 0 Å². The van der Waals surface area contributed by atoms with Gasteiger partial charge in [0.15, 0.2) is 6.61 Å². The van der Waals surface area contributed by atoms with Gasteiger partial charge >= 0.3 is 6.18 Å². The number of rotatable bonds is 7. The summed E-state index contributed by atoms with van der Waals surface area (Å²) in [6.07, 6.45) is -5.01. The highest BCUT2D eigenvalue weighted by Gasteiger charge is 2.40. The highest BCUT2D eigenvalue weighted by Crippen LogP contribution is 2.40. The smallest absolute Gasteiger partial charge is 0.453 e. The van der Waals surface area contributed by atoms with Crippen LogP contribution in [0.3, 0.4) is 0 Å². The third kappa shape index (κ3) is 5.89. The molecule has 37 heavy (non-hydrogen) atoms. The van der Waals surface area contributed by atoms with E-state index in [2.05, 4.69) is 5.32 Å². The summed E-state index contributed by atoms with van der Waals surface area (Å²) in [6.45, 7) is 3.25. The second kappa shape index (κ2) is 10.6. The number of amides is 1. The highest BCUT2D eigenvalue weighted by molar-refractivity contribution is 6.33. The van der Waals surface area contributed by atoms with E-state index in [4.69, 9.17) is 25.5 Å². The van der Waals surface area contributed by atoms with E-state index in [0.717, 1.165) is 6.07 Å². The molecule has 0 aliphatic carbocycles. The van der Waals surface area contributed by atoms with Crippen molar-refractivity contribution in [3.63, 3.8) is 0 Å². The zero-order valence-corrected chi connectivity index (χ0v) is 20.4. The third-order valence-electron chi connectivity index (χ3n) is 5.35. The Morgan fingerprint density at radius 1 is 1.05 bits per heavy atom. The lowest BCUT2D eigenvalue weighted by Crippen LogP contribution is -2.20. The van der Waals surface area contributed by atoms with Crippen molar-refractivity contribution in [2.45, 2.75) is 25.9 Å². The molecule has 3 aromatic carbocycles. The minimum absolute atomic E-state index is 0.0249. The fourth-order valence-electron chi connectivity index (χ4n) is 3.58. The van der Waals surface area contributed by atoms with Crippen LogP contribution >= 0.6 is 11.6 Å². The van der Waals surface area contributed by atoms with E-state index in [1.54, 1.807) is 42.5 Å². The largest absolute Gasteiger partial charge is 0.484 e. The van der Waals surface area contributed by atoms with E-state index in [1.165, 1.54) is 18.2 Å². The van der Waals surface area contributed by atoms with Crippen molar-refractivity contribution in [1.82, 2.24) is 0 Å². The summed E-state index contributed by atoms with van der Waals surface area (Å²) in [7, 11) is 0. The number of carbonyl (C=O) groups is 1. The molecule has 0 unspecified atom stereocenters. The van der Waals surface area contributed by atoms with Crippen LogP contribution in [0.25, 0.3) is 11.0 Å². The lowest BCUT2D eigenvalue weighted by atomic mass is 10.0. The first-order chi connectivity index (χ1) is 17.5. The Bertz CT molecular complexity index is 1510. The minimum Gasteiger partial charge on any atom is -0.484 e. The molecular weight excluding hydrogens is 511 g/mol. The Hall–Kier alpha value is -3.98. The average molecular weight is 532 g/mol. The molecule has 4 rings (SSSR count). The number of para-hydroxylation sites is 2. The summed E-state index contributed by atoms with van der Waals surface area (Å²) < 4.78 is 57.7. The molecule has 1 amide bonds. The second-order valence-corrected chi connectivity index (χ2v) is 8.76. The van der Waals surface area contributed by atoms with Crippen LogP contribution in [-0.4, -0.2) is 12.5 Å². The predicted octanol–water partition coefficient (Wildman–Crippen LogP) is 7.40. The summed E-state index contributed by atoms with van der Waals surface area (Å²) in [5, 5.41) is 2.75. The molecule has 0 fully saturated rings. The summed E-state index contributed by atoms with van der Waals surface area (Å²) in [4.78, 5) is 25.3. The van der Waals surface area contributed by atoms with Gasteiger partial charge < -0.3 is 19.2 Å². The van der Waals surface area contributed by atoms with Gasteiger partial charge in [0.05, 0.1) is 16.1 Å². The van der Waals surface area contributed by atoms with Crippen molar-refractivity contribution < 1.29 is 31.9 Å². The SMILES string of the molecule is CC(C)c1ccccc1Oc1c(C(F)(F)F)oc2cc(OCC(=O)Nc3ccccc3Cl)ccc2c1=O. The Kier molecular flexibility index (Phi) is 7.45. The first-order valence-electron chi connectivity index (χ1n) is 11.2. The van der Waals surface area contributed by atoms with E-state index >= 15 is 0 Å². The van der Waals surface area contributed by atoms with E-state index in [-0.39, 0.29) is 28.4 Å². The van der Waals surface area contributed by atoms with Crippen LogP contribution in [0.4, 0.5) is 18.9 Å². The standard InChI is InChI=1S/C27H21ClF3NO5/c1-15(2)17-7-3-6-10-21(17)36-25-24(34)18-12-11-16(13-22(18)37-26(25)27(29,30)31)35-14-23(33)32-20-9-5-4-8-19(20)28/h3-13,15H,14H2,1-2H3,(H,32,33). The van der Waals surface area contributed by atoms with Gasteiger partial charge in [-0.1, -0.05) is 55.8 Å². The van der Waals surface area contributed by atoms with E-state index < -0.39 is 35.6 Å².